The topological polar surface area (TPSA) is 73.7 Å². The molecule has 7 heteroatoms. The number of nitrogens with zero attached hydrogens (tertiary/aromatic N) is 3. The zero-order valence-electron chi connectivity index (χ0n) is 17.2. The number of ether oxygens (including phenoxy) is 2. The van der Waals surface area contributed by atoms with E-state index in [0.29, 0.717) is 25.5 Å². The molecule has 0 aliphatic carbocycles. The van der Waals surface area contributed by atoms with Crippen LogP contribution in [0, 0.1) is 5.92 Å². The SMILES string of the molecule is CCOC(=O)C1C(=O)N(CCCOC)c2nc3ccccc3n2C1c1ccccc1. The summed E-state index contributed by atoms with van der Waals surface area (Å²) in [5.41, 5.74) is 2.52. The number of hydrogen-bond donors (Lipinski definition) is 0. The van der Waals surface area contributed by atoms with Crippen LogP contribution in [-0.4, -0.2) is 48.3 Å². The lowest BCUT2D eigenvalue weighted by Crippen LogP contribution is -2.50. The van der Waals surface area contributed by atoms with Crippen molar-refractivity contribution in [2.45, 2.75) is 19.4 Å². The lowest BCUT2D eigenvalue weighted by Gasteiger charge is -2.38. The van der Waals surface area contributed by atoms with Gasteiger partial charge in [0.15, 0.2) is 5.92 Å². The fourth-order valence-electron chi connectivity index (χ4n) is 4.08. The third-order valence-electron chi connectivity index (χ3n) is 5.36. The molecule has 0 bridgehead atoms. The highest BCUT2D eigenvalue weighted by molar-refractivity contribution is 6.08. The highest BCUT2D eigenvalue weighted by Gasteiger charge is 2.47. The van der Waals surface area contributed by atoms with Gasteiger partial charge >= 0.3 is 5.97 Å². The van der Waals surface area contributed by atoms with Crippen molar-refractivity contribution >= 4 is 28.9 Å². The molecule has 0 saturated heterocycles. The summed E-state index contributed by atoms with van der Waals surface area (Å²) in [6.45, 7) is 2.88. The highest BCUT2D eigenvalue weighted by Crippen LogP contribution is 2.41. The number of fused-ring (bicyclic) bond motifs is 3. The quantitative estimate of drug-likeness (QED) is 0.342. The first-order valence-corrected chi connectivity index (χ1v) is 10.2. The summed E-state index contributed by atoms with van der Waals surface area (Å²) in [6, 6.07) is 16.8. The maximum Gasteiger partial charge on any atom is 0.321 e. The molecule has 1 aromatic heterocycles. The Morgan fingerprint density at radius 1 is 1.10 bits per heavy atom. The van der Waals surface area contributed by atoms with E-state index >= 15 is 0 Å². The Morgan fingerprint density at radius 2 is 1.83 bits per heavy atom. The number of carbonyl (C=O) groups is 2. The number of carbonyl (C=O) groups excluding carboxylic acids is 2. The van der Waals surface area contributed by atoms with Crippen molar-refractivity contribution < 1.29 is 19.1 Å². The second kappa shape index (κ2) is 8.67. The number of anilines is 1. The molecule has 3 aromatic rings. The van der Waals surface area contributed by atoms with Crippen LogP contribution in [0.2, 0.25) is 0 Å². The van der Waals surface area contributed by atoms with Gasteiger partial charge in [0.1, 0.15) is 0 Å². The smallest absolute Gasteiger partial charge is 0.321 e. The molecule has 4 rings (SSSR count). The van der Waals surface area contributed by atoms with Crippen molar-refractivity contribution in [1.82, 2.24) is 9.55 Å². The number of amides is 1. The van der Waals surface area contributed by atoms with Gasteiger partial charge in [-0.15, -0.1) is 0 Å². The predicted molar refractivity (Wildman–Crippen MR) is 113 cm³/mol. The lowest BCUT2D eigenvalue weighted by atomic mass is 9.89. The molecule has 2 heterocycles. The van der Waals surface area contributed by atoms with Gasteiger partial charge in [0.2, 0.25) is 11.9 Å². The van der Waals surface area contributed by atoms with E-state index in [0.717, 1.165) is 16.6 Å². The lowest BCUT2D eigenvalue weighted by molar-refractivity contribution is -0.153. The van der Waals surface area contributed by atoms with Crippen LogP contribution in [0.4, 0.5) is 5.95 Å². The van der Waals surface area contributed by atoms with Gasteiger partial charge in [-0.1, -0.05) is 42.5 Å². The van der Waals surface area contributed by atoms with Gasteiger partial charge in [-0.2, -0.15) is 0 Å². The van der Waals surface area contributed by atoms with Crippen molar-refractivity contribution in [3.05, 3.63) is 60.2 Å². The molecule has 0 saturated carbocycles. The molecule has 1 aliphatic heterocycles. The van der Waals surface area contributed by atoms with Crippen LogP contribution in [0.5, 0.6) is 0 Å². The number of imidazole rings is 1. The van der Waals surface area contributed by atoms with Crippen LogP contribution >= 0.6 is 0 Å². The van der Waals surface area contributed by atoms with Crippen LogP contribution in [0.25, 0.3) is 11.0 Å². The van der Waals surface area contributed by atoms with Crippen molar-refractivity contribution in [1.29, 1.82) is 0 Å². The normalized spacial score (nSPS) is 18.5. The van der Waals surface area contributed by atoms with E-state index in [-0.39, 0.29) is 12.5 Å². The van der Waals surface area contributed by atoms with Crippen LogP contribution in [-0.2, 0) is 19.1 Å². The molecule has 30 heavy (non-hydrogen) atoms. The molecule has 2 aromatic carbocycles. The van der Waals surface area contributed by atoms with Gasteiger partial charge in [-0.3, -0.25) is 14.5 Å². The van der Waals surface area contributed by atoms with Crippen LogP contribution in [0.1, 0.15) is 24.9 Å². The van der Waals surface area contributed by atoms with Gasteiger partial charge in [-0.05, 0) is 31.0 Å². The summed E-state index contributed by atoms with van der Waals surface area (Å²) < 4.78 is 12.5. The van der Waals surface area contributed by atoms with Gasteiger partial charge in [0.25, 0.3) is 0 Å². The second-order valence-electron chi connectivity index (χ2n) is 7.19. The third kappa shape index (κ3) is 3.45. The number of hydrogen-bond acceptors (Lipinski definition) is 5. The Kier molecular flexibility index (Phi) is 5.81. The van der Waals surface area contributed by atoms with E-state index in [9.17, 15) is 9.59 Å². The molecule has 2 unspecified atom stereocenters. The first kappa shape index (κ1) is 20.1. The van der Waals surface area contributed by atoms with Gasteiger partial charge < -0.3 is 14.0 Å². The maximum atomic E-state index is 13.6. The number of rotatable bonds is 7. The summed E-state index contributed by atoms with van der Waals surface area (Å²) >= 11 is 0. The Balaban J connectivity index is 1.93. The maximum absolute atomic E-state index is 13.6. The molecular formula is C23H25N3O4. The van der Waals surface area contributed by atoms with Crippen molar-refractivity contribution in [2.24, 2.45) is 5.92 Å². The minimum absolute atomic E-state index is 0.214. The zero-order chi connectivity index (χ0) is 21.1. The van der Waals surface area contributed by atoms with Crippen molar-refractivity contribution in [3.8, 4) is 0 Å². The zero-order valence-corrected chi connectivity index (χ0v) is 17.2. The minimum Gasteiger partial charge on any atom is -0.465 e. The van der Waals surface area contributed by atoms with Gasteiger partial charge in [0.05, 0.1) is 23.7 Å². The van der Waals surface area contributed by atoms with Crippen LogP contribution in [0.3, 0.4) is 0 Å². The molecule has 1 aliphatic rings. The average Bonchev–Trinajstić information content (AvgIpc) is 3.14. The summed E-state index contributed by atoms with van der Waals surface area (Å²) in [6.07, 6.45) is 0.636. The van der Waals surface area contributed by atoms with E-state index in [1.54, 1.807) is 18.9 Å². The molecule has 1 amide bonds. The monoisotopic (exact) mass is 407 g/mol. The number of aromatic nitrogens is 2. The van der Waals surface area contributed by atoms with E-state index in [1.807, 2.05) is 59.2 Å². The number of esters is 1. The summed E-state index contributed by atoms with van der Waals surface area (Å²) in [5.74, 6) is -1.25. The second-order valence-corrected chi connectivity index (χ2v) is 7.19. The Labute approximate surface area is 175 Å². The number of para-hydroxylation sites is 2. The fraction of sp³-hybridized carbons (Fsp3) is 0.348. The first-order chi connectivity index (χ1) is 14.7. The molecule has 0 fully saturated rings. The summed E-state index contributed by atoms with van der Waals surface area (Å²) in [5, 5.41) is 0. The van der Waals surface area contributed by atoms with Crippen LogP contribution in [0.15, 0.2) is 54.6 Å². The van der Waals surface area contributed by atoms with E-state index in [1.165, 1.54) is 0 Å². The van der Waals surface area contributed by atoms with Crippen molar-refractivity contribution in [2.75, 3.05) is 31.8 Å². The number of benzene rings is 2. The third-order valence-corrected chi connectivity index (χ3v) is 5.36. The molecule has 2 atom stereocenters. The summed E-state index contributed by atoms with van der Waals surface area (Å²) in [4.78, 5) is 32.9. The average molecular weight is 407 g/mol. The minimum atomic E-state index is -0.986. The largest absolute Gasteiger partial charge is 0.465 e. The van der Waals surface area contributed by atoms with Gasteiger partial charge in [0, 0.05) is 20.3 Å². The number of methoxy groups -OCH3 is 1. The standard InChI is InChI=1S/C23H25N3O4/c1-3-30-22(28)19-20(16-10-5-4-6-11-16)26-18-13-8-7-12-17(18)24-23(26)25(21(19)27)14-9-15-29-2/h4-8,10-13,19-20H,3,9,14-15H2,1-2H3. The fourth-order valence-corrected chi connectivity index (χ4v) is 4.08. The Morgan fingerprint density at radius 3 is 2.57 bits per heavy atom. The first-order valence-electron chi connectivity index (χ1n) is 10.2. The Hall–Kier alpha value is -3.19. The Bertz CT molecular complexity index is 1050. The van der Waals surface area contributed by atoms with E-state index in [4.69, 9.17) is 14.5 Å². The molecule has 7 nitrogen and oxygen atoms in total. The molecule has 0 spiro atoms. The van der Waals surface area contributed by atoms with Crippen LogP contribution < -0.4 is 4.90 Å². The van der Waals surface area contributed by atoms with E-state index < -0.39 is 17.9 Å². The highest BCUT2D eigenvalue weighted by atomic mass is 16.5. The molecular weight excluding hydrogens is 382 g/mol. The summed E-state index contributed by atoms with van der Waals surface area (Å²) in [7, 11) is 1.63. The predicted octanol–water partition coefficient (Wildman–Crippen LogP) is 3.19. The van der Waals surface area contributed by atoms with Gasteiger partial charge in [-0.25, -0.2) is 4.98 Å². The molecule has 0 N–H and O–H groups in total. The van der Waals surface area contributed by atoms with Crippen molar-refractivity contribution in [3.63, 3.8) is 0 Å². The molecule has 0 radical (unpaired) electrons. The molecule has 156 valence electrons. The van der Waals surface area contributed by atoms with E-state index in [2.05, 4.69) is 0 Å².